The zero-order chi connectivity index (χ0) is 14.3. The van der Waals surface area contributed by atoms with Gasteiger partial charge in [-0.05, 0) is 47.2 Å². The predicted molar refractivity (Wildman–Crippen MR) is 85.8 cm³/mol. The Morgan fingerprint density at radius 3 is 2.85 bits per heavy atom. The molecule has 0 amide bonds. The number of thiazole rings is 1. The number of aryl methyl sites for hydroxylation is 1. The first kappa shape index (κ1) is 14.3. The van der Waals surface area contributed by atoms with Crippen LogP contribution in [0.4, 0.5) is 5.13 Å². The fourth-order valence-corrected chi connectivity index (χ4v) is 4.50. The smallest absolute Gasteiger partial charge is 0.185 e. The molecular formula is C15H26N4S. The highest BCUT2D eigenvalue weighted by atomic mass is 32.1. The Balaban J connectivity index is 1.83. The lowest BCUT2D eigenvalue weighted by Crippen LogP contribution is -2.57. The first-order valence-electron chi connectivity index (χ1n) is 7.64. The third-order valence-corrected chi connectivity index (χ3v) is 6.15. The summed E-state index contributed by atoms with van der Waals surface area (Å²) >= 11 is 1.91. The zero-order valence-corrected chi connectivity index (χ0v) is 13.9. The first-order valence-corrected chi connectivity index (χ1v) is 8.46. The molecule has 2 heterocycles. The van der Waals surface area contributed by atoms with Crippen molar-refractivity contribution in [2.45, 2.75) is 44.7 Å². The van der Waals surface area contributed by atoms with Crippen LogP contribution in [0.3, 0.4) is 0 Å². The van der Waals surface area contributed by atoms with E-state index < -0.39 is 0 Å². The van der Waals surface area contributed by atoms with E-state index in [0.29, 0.717) is 6.04 Å². The predicted octanol–water partition coefficient (Wildman–Crippen LogP) is 2.27. The van der Waals surface area contributed by atoms with E-state index >= 15 is 0 Å². The van der Waals surface area contributed by atoms with Crippen molar-refractivity contribution in [1.29, 1.82) is 0 Å². The lowest BCUT2D eigenvalue weighted by atomic mass is 9.98. The van der Waals surface area contributed by atoms with Gasteiger partial charge in [-0.1, -0.05) is 11.3 Å². The second-order valence-electron chi connectivity index (χ2n) is 6.70. The van der Waals surface area contributed by atoms with E-state index in [-0.39, 0.29) is 5.54 Å². The monoisotopic (exact) mass is 294 g/mol. The first-order chi connectivity index (χ1) is 9.51. The van der Waals surface area contributed by atoms with E-state index in [1.807, 2.05) is 11.3 Å². The largest absolute Gasteiger partial charge is 0.345 e. The Hall–Kier alpha value is -0.650. The maximum atomic E-state index is 4.95. The zero-order valence-electron chi connectivity index (χ0n) is 13.1. The van der Waals surface area contributed by atoms with Crippen molar-refractivity contribution < 1.29 is 0 Å². The Labute approximate surface area is 126 Å². The van der Waals surface area contributed by atoms with Gasteiger partial charge >= 0.3 is 0 Å². The highest BCUT2D eigenvalue weighted by molar-refractivity contribution is 7.15. The van der Waals surface area contributed by atoms with Gasteiger partial charge in [0.15, 0.2) is 5.13 Å². The summed E-state index contributed by atoms with van der Waals surface area (Å²) in [6.45, 7) is 7.93. The normalized spacial score (nSPS) is 26.6. The van der Waals surface area contributed by atoms with Crippen molar-refractivity contribution in [3.05, 3.63) is 10.6 Å². The average Bonchev–Trinajstić information content (AvgIpc) is 2.85. The second-order valence-corrected chi connectivity index (χ2v) is 7.71. The summed E-state index contributed by atoms with van der Waals surface area (Å²) in [4.78, 5) is 11.4. The summed E-state index contributed by atoms with van der Waals surface area (Å²) in [5.74, 6) is 0. The van der Waals surface area contributed by atoms with Gasteiger partial charge in [-0.2, -0.15) is 0 Å². The number of nitrogens with one attached hydrogen (secondary N) is 1. The van der Waals surface area contributed by atoms with Crippen molar-refractivity contribution in [2.75, 3.05) is 38.6 Å². The molecule has 4 nitrogen and oxygen atoms in total. The molecule has 1 fully saturated rings. The minimum Gasteiger partial charge on any atom is -0.345 e. The summed E-state index contributed by atoms with van der Waals surface area (Å²) in [5.41, 5.74) is 1.57. The van der Waals surface area contributed by atoms with Crippen LogP contribution < -0.4 is 10.2 Å². The van der Waals surface area contributed by atoms with Gasteiger partial charge in [0.25, 0.3) is 0 Å². The van der Waals surface area contributed by atoms with Crippen LogP contribution in [0.15, 0.2) is 0 Å². The minimum absolute atomic E-state index is 0.229. The molecule has 0 spiro atoms. The number of hydrogen-bond donors (Lipinski definition) is 1. The number of aromatic nitrogens is 1. The van der Waals surface area contributed by atoms with Crippen LogP contribution in [0, 0.1) is 0 Å². The van der Waals surface area contributed by atoms with Gasteiger partial charge in [0.2, 0.25) is 0 Å². The standard InChI is InChI=1S/C15H26N4S/c1-15(2)10-19(9-8-18(15)4)14-17-12-7-5-6-11(16-3)13(12)20-14/h11,16H,5-10H2,1-4H3. The molecule has 1 atom stereocenters. The summed E-state index contributed by atoms with van der Waals surface area (Å²) < 4.78 is 0. The van der Waals surface area contributed by atoms with Crippen LogP contribution >= 0.6 is 11.3 Å². The second kappa shape index (κ2) is 5.28. The van der Waals surface area contributed by atoms with Crippen LogP contribution in [-0.2, 0) is 6.42 Å². The number of fused-ring (bicyclic) bond motifs is 1. The molecular weight excluding hydrogens is 268 g/mol. The number of piperazine rings is 1. The van der Waals surface area contributed by atoms with Gasteiger partial charge < -0.3 is 10.2 Å². The number of nitrogens with zero attached hydrogens (tertiary/aromatic N) is 3. The molecule has 20 heavy (non-hydrogen) atoms. The molecule has 0 radical (unpaired) electrons. The highest BCUT2D eigenvalue weighted by Gasteiger charge is 2.33. The van der Waals surface area contributed by atoms with E-state index in [4.69, 9.17) is 4.98 Å². The van der Waals surface area contributed by atoms with E-state index in [9.17, 15) is 0 Å². The van der Waals surface area contributed by atoms with Crippen molar-refractivity contribution in [2.24, 2.45) is 0 Å². The molecule has 1 aromatic rings. The van der Waals surface area contributed by atoms with Crippen LogP contribution in [0.25, 0.3) is 0 Å². The fourth-order valence-electron chi connectivity index (χ4n) is 3.22. The van der Waals surface area contributed by atoms with Crippen LogP contribution in [0.1, 0.15) is 43.3 Å². The van der Waals surface area contributed by atoms with Gasteiger partial charge in [0.1, 0.15) is 0 Å². The lowest BCUT2D eigenvalue weighted by Gasteiger charge is -2.45. The maximum absolute atomic E-state index is 4.95. The molecule has 1 aliphatic heterocycles. The fraction of sp³-hybridized carbons (Fsp3) is 0.800. The Bertz CT molecular complexity index is 482. The van der Waals surface area contributed by atoms with E-state index in [1.54, 1.807) is 0 Å². The molecule has 5 heteroatoms. The number of likely N-dealkylation sites (N-methyl/N-ethyl adjacent to an activating group) is 1. The van der Waals surface area contributed by atoms with Crippen molar-refractivity contribution in [3.63, 3.8) is 0 Å². The maximum Gasteiger partial charge on any atom is 0.185 e. The van der Waals surface area contributed by atoms with Crippen LogP contribution in [0.2, 0.25) is 0 Å². The van der Waals surface area contributed by atoms with Gasteiger partial charge in [-0.25, -0.2) is 4.98 Å². The van der Waals surface area contributed by atoms with E-state index in [1.165, 1.54) is 28.5 Å². The van der Waals surface area contributed by atoms with Gasteiger partial charge in [-0.15, -0.1) is 0 Å². The molecule has 0 saturated carbocycles. The average molecular weight is 294 g/mol. The number of hydrogen-bond acceptors (Lipinski definition) is 5. The minimum atomic E-state index is 0.229. The summed E-state index contributed by atoms with van der Waals surface area (Å²) in [6, 6.07) is 0.519. The van der Waals surface area contributed by atoms with Crippen molar-refractivity contribution >= 4 is 16.5 Å². The molecule has 0 aromatic carbocycles. The molecule has 112 valence electrons. The molecule has 2 aliphatic rings. The third-order valence-electron chi connectivity index (χ3n) is 4.87. The van der Waals surface area contributed by atoms with Gasteiger partial charge in [-0.3, -0.25) is 4.90 Å². The third kappa shape index (κ3) is 2.47. The lowest BCUT2D eigenvalue weighted by molar-refractivity contribution is 0.139. The Morgan fingerprint density at radius 1 is 1.35 bits per heavy atom. The molecule has 3 rings (SSSR count). The van der Waals surface area contributed by atoms with Crippen LogP contribution in [0.5, 0.6) is 0 Å². The molecule has 1 saturated heterocycles. The number of anilines is 1. The molecule has 1 N–H and O–H groups in total. The Morgan fingerprint density at radius 2 is 2.15 bits per heavy atom. The quantitative estimate of drug-likeness (QED) is 0.907. The molecule has 1 aromatic heterocycles. The van der Waals surface area contributed by atoms with Crippen molar-refractivity contribution in [3.8, 4) is 0 Å². The Kier molecular flexibility index (Phi) is 3.77. The highest BCUT2D eigenvalue weighted by Crippen LogP contribution is 2.38. The summed E-state index contributed by atoms with van der Waals surface area (Å²) in [7, 11) is 4.29. The van der Waals surface area contributed by atoms with Gasteiger partial charge in [0.05, 0.1) is 5.69 Å². The molecule has 1 unspecified atom stereocenters. The molecule has 1 aliphatic carbocycles. The summed E-state index contributed by atoms with van der Waals surface area (Å²) in [5, 5.41) is 4.68. The molecule has 0 bridgehead atoms. The van der Waals surface area contributed by atoms with E-state index in [2.05, 4.69) is 43.1 Å². The summed E-state index contributed by atoms with van der Waals surface area (Å²) in [6.07, 6.45) is 3.66. The van der Waals surface area contributed by atoms with E-state index in [0.717, 1.165) is 26.1 Å². The van der Waals surface area contributed by atoms with Gasteiger partial charge in [0, 0.05) is 36.1 Å². The SMILES string of the molecule is CNC1CCCc2nc(N3CCN(C)C(C)(C)C3)sc21. The van der Waals surface area contributed by atoms with Crippen molar-refractivity contribution in [1.82, 2.24) is 15.2 Å². The number of rotatable bonds is 2. The van der Waals surface area contributed by atoms with Crippen LogP contribution in [-0.4, -0.2) is 49.2 Å². The topological polar surface area (TPSA) is 31.4 Å².